The number of fused-ring (bicyclic) bond motifs is 1. The molecule has 1 aliphatic rings. The molecule has 0 atom stereocenters. The Hall–Kier alpha value is -3.43. The van der Waals surface area contributed by atoms with Gasteiger partial charge >= 0.3 is 0 Å². The lowest BCUT2D eigenvalue weighted by Gasteiger charge is -2.15. The number of carbonyl (C=O) groups excluding carboxylic acids is 1. The lowest BCUT2D eigenvalue weighted by Crippen LogP contribution is -2.25. The van der Waals surface area contributed by atoms with Crippen LogP contribution in [-0.4, -0.2) is 32.2 Å². The Morgan fingerprint density at radius 1 is 1.24 bits per heavy atom. The van der Waals surface area contributed by atoms with Crippen molar-refractivity contribution in [2.24, 2.45) is 7.05 Å². The van der Waals surface area contributed by atoms with E-state index in [-0.39, 0.29) is 23.3 Å². The number of aliphatic hydroxyl groups is 1. The largest absolute Gasteiger partial charge is 0.455 e. The minimum Gasteiger partial charge on any atom is -0.455 e. The first-order chi connectivity index (χ1) is 17.4. The predicted molar refractivity (Wildman–Crippen MR) is 143 cm³/mol. The molecule has 0 unspecified atom stereocenters. The van der Waals surface area contributed by atoms with Crippen LogP contribution in [0.5, 0.6) is 11.5 Å². The van der Waals surface area contributed by atoms with E-state index in [1.807, 2.05) is 6.07 Å². The number of halogens is 1. The van der Waals surface area contributed by atoms with E-state index in [2.05, 4.69) is 10.3 Å². The average Bonchev–Trinajstić information content (AvgIpc) is 3.34. The third-order valence-corrected chi connectivity index (χ3v) is 7.51. The molecular formula is C28H30FN3O4S. The summed E-state index contributed by atoms with van der Waals surface area (Å²) in [5.74, 6) is 0.511. The van der Waals surface area contributed by atoms with Crippen molar-refractivity contribution in [1.29, 1.82) is 0 Å². The van der Waals surface area contributed by atoms with Gasteiger partial charge in [0.05, 0.1) is 10.5 Å². The van der Waals surface area contributed by atoms with Crippen LogP contribution in [0.3, 0.4) is 0 Å². The molecule has 0 spiro atoms. The maximum atomic E-state index is 13.9. The number of aromatic nitrogens is 2. The summed E-state index contributed by atoms with van der Waals surface area (Å²) in [4.78, 5) is 30.4. The number of carbonyl (C=O) groups is 1. The molecule has 37 heavy (non-hydrogen) atoms. The van der Waals surface area contributed by atoms with E-state index < -0.39 is 5.60 Å². The number of benzene rings is 1. The van der Waals surface area contributed by atoms with Gasteiger partial charge < -0.3 is 24.7 Å². The minimum absolute atomic E-state index is 0.185. The number of hydrogen-bond acceptors (Lipinski definition) is 5. The maximum absolute atomic E-state index is 13.9. The summed E-state index contributed by atoms with van der Waals surface area (Å²) in [5.41, 5.74) is 1.51. The highest BCUT2D eigenvalue weighted by Gasteiger charge is 2.27. The van der Waals surface area contributed by atoms with Crippen molar-refractivity contribution in [3.8, 4) is 21.9 Å². The number of rotatable bonds is 7. The fourth-order valence-electron chi connectivity index (χ4n) is 4.50. The summed E-state index contributed by atoms with van der Waals surface area (Å²) < 4.78 is 21.8. The van der Waals surface area contributed by atoms with Gasteiger partial charge in [0.25, 0.3) is 11.5 Å². The van der Waals surface area contributed by atoms with Gasteiger partial charge in [0.15, 0.2) is 0 Å². The Morgan fingerprint density at radius 2 is 1.92 bits per heavy atom. The monoisotopic (exact) mass is 523 g/mol. The molecule has 4 aromatic rings. The average molecular weight is 524 g/mol. The Balaban J connectivity index is 1.67. The van der Waals surface area contributed by atoms with Crippen molar-refractivity contribution in [3.05, 3.63) is 68.3 Å². The van der Waals surface area contributed by atoms with Crippen molar-refractivity contribution in [2.75, 3.05) is 0 Å². The number of aromatic amines is 1. The first kappa shape index (κ1) is 25.2. The van der Waals surface area contributed by atoms with Crippen LogP contribution in [0, 0.1) is 19.7 Å². The van der Waals surface area contributed by atoms with Crippen molar-refractivity contribution >= 4 is 28.1 Å². The summed E-state index contributed by atoms with van der Waals surface area (Å²) in [6.45, 7) is 7.05. The normalized spacial score (nSPS) is 13.8. The number of amides is 1. The van der Waals surface area contributed by atoms with Gasteiger partial charge in [0, 0.05) is 41.5 Å². The number of aryl methyl sites for hydroxylation is 3. The Labute approximate surface area is 217 Å². The molecule has 0 aliphatic heterocycles. The fraction of sp³-hybridized carbons (Fsp3) is 0.357. The van der Waals surface area contributed by atoms with E-state index >= 15 is 0 Å². The van der Waals surface area contributed by atoms with Gasteiger partial charge in [-0.15, -0.1) is 11.3 Å². The van der Waals surface area contributed by atoms with Gasteiger partial charge in [-0.25, -0.2) is 4.39 Å². The Morgan fingerprint density at radius 3 is 2.54 bits per heavy atom. The summed E-state index contributed by atoms with van der Waals surface area (Å²) in [6.07, 6.45) is 4.05. The van der Waals surface area contributed by atoms with Crippen LogP contribution >= 0.6 is 11.3 Å². The molecule has 3 N–H and O–H groups in total. The first-order valence-electron chi connectivity index (χ1n) is 12.2. The van der Waals surface area contributed by atoms with Crippen LogP contribution in [-0.2, 0) is 13.5 Å². The van der Waals surface area contributed by atoms with Gasteiger partial charge in [-0.2, -0.15) is 0 Å². The van der Waals surface area contributed by atoms with Crippen molar-refractivity contribution in [1.82, 2.24) is 14.9 Å². The third-order valence-electron chi connectivity index (χ3n) is 6.36. The Kier molecular flexibility index (Phi) is 6.24. The Bertz CT molecular complexity index is 1560. The van der Waals surface area contributed by atoms with Crippen LogP contribution in [0.2, 0.25) is 0 Å². The van der Waals surface area contributed by atoms with E-state index in [0.717, 1.165) is 28.2 Å². The number of nitrogens with one attached hydrogen (secondary N) is 2. The third kappa shape index (κ3) is 5.19. The molecule has 1 fully saturated rings. The molecule has 0 saturated heterocycles. The van der Waals surface area contributed by atoms with Crippen LogP contribution in [0.1, 0.15) is 53.2 Å². The van der Waals surface area contributed by atoms with Crippen LogP contribution in [0.4, 0.5) is 4.39 Å². The second-order valence-corrected chi connectivity index (χ2v) is 11.7. The first-order valence-corrected chi connectivity index (χ1v) is 13.0. The lowest BCUT2D eigenvalue weighted by molar-refractivity contribution is 0.0818. The fourth-order valence-corrected chi connectivity index (χ4v) is 5.82. The molecule has 1 amide bonds. The highest BCUT2D eigenvalue weighted by molar-refractivity contribution is 7.16. The molecular weight excluding hydrogens is 493 g/mol. The molecule has 5 rings (SSSR count). The summed E-state index contributed by atoms with van der Waals surface area (Å²) in [5, 5.41) is 14.0. The molecule has 9 heteroatoms. The number of H-pyrrole nitrogens is 1. The standard InChI is InChI=1S/C28H30FN3O4S/c1-14-8-16(29)9-15(2)24(14)36-22-10-18(12-28(3,4)35)37-25(22)20-13-32(5)27(34)23-19(20)11-21(31-23)26(33)30-17-6-7-17/h8-11,13,17,31,35H,6-7,12H2,1-5H3,(H,30,33). The number of hydrogen-bond donors (Lipinski definition) is 3. The van der Waals surface area contributed by atoms with Crippen molar-refractivity contribution in [3.63, 3.8) is 0 Å². The summed E-state index contributed by atoms with van der Waals surface area (Å²) in [6, 6.07) is 6.62. The van der Waals surface area contributed by atoms with Crippen LogP contribution in [0.15, 0.2) is 35.3 Å². The predicted octanol–water partition coefficient (Wildman–Crippen LogP) is 5.35. The zero-order valence-corrected chi connectivity index (χ0v) is 22.3. The van der Waals surface area contributed by atoms with Crippen molar-refractivity contribution < 1.29 is 19.0 Å². The van der Waals surface area contributed by atoms with E-state index in [4.69, 9.17) is 4.74 Å². The number of pyridine rings is 1. The van der Waals surface area contributed by atoms with E-state index in [1.54, 1.807) is 47.0 Å². The summed E-state index contributed by atoms with van der Waals surface area (Å²) >= 11 is 1.45. The molecule has 7 nitrogen and oxygen atoms in total. The number of thiophene rings is 1. The highest BCUT2D eigenvalue weighted by Crippen LogP contribution is 2.45. The molecule has 1 aliphatic carbocycles. The van der Waals surface area contributed by atoms with Gasteiger partial charge in [-0.05, 0) is 75.9 Å². The summed E-state index contributed by atoms with van der Waals surface area (Å²) in [7, 11) is 1.66. The molecule has 1 aromatic carbocycles. The molecule has 194 valence electrons. The van der Waals surface area contributed by atoms with Gasteiger partial charge in [0.2, 0.25) is 0 Å². The zero-order chi connectivity index (χ0) is 26.6. The molecule has 3 heterocycles. The maximum Gasteiger partial charge on any atom is 0.274 e. The van der Waals surface area contributed by atoms with Gasteiger partial charge in [-0.3, -0.25) is 9.59 Å². The lowest BCUT2D eigenvalue weighted by atomic mass is 10.0. The molecule has 1 saturated carbocycles. The van der Waals surface area contributed by atoms with E-state index in [0.29, 0.717) is 45.6 Å². The molecule has 0 radical (unpaired) electrons. The molecule has 3 aromatic heterocycles. The van der Waals surface area contributed by atoms with Gasteiger partial charge in [0.1, 0.15) is 28.5 Å². The van der Waals surface area contributed by atoms with E-state index in [1.165, 1.54) is 28.0 Å². The second-order valence-electron chi connectivity index (χ2n) is 10.5. The quantitative estimate of drug-likeness (QED) is 0.304. The zero-order valence-electron chi connectivity index (χ0n) is 21.5. The smallest absolute Gasteiger partial charge is 0.274 e. The number of ether oxygens (including phenoxy) is 1. The van der Waals surface area contributed by atoms with Crippen molar-refractivity contribution in [2.45, 2.75) is 58.6 Å². The second kappa shape index (κ2) is 9.15. The number of nitrogens with zero attached hydrogens (tertiary/aromatic N) is 1. The minimum atomic E-state index is -0.942. The molecule has 0 bridgehead atoms. The van der Waals surface area contributed by atoms with Crippen LogP contribution < -0.4 is 15.6 Å². The van der Waals surface area contributed by atoms with Crippen LogP contribution in [0.25, 0.3) is 21.3 Å². The topological polar surface area (TPSA) is 96.3 Å². The van der Waals surface area contributed by atoms with E-state index in [9.17, 15) is 19.1 Å². The highest BCUT2D eigenvalue weighted by atomic mass is 32.1. The van der Waals surface area contributed by atoms with Gasteiger partial charge in [-0.1, -0.05) is 0 Å². The SMILES string of the molecule is Cc1cc(F)cc(C)c1Oc1cc(CC(C)(C)O)sc1-c1cn(C)c(=O)c2[nH]c(C(=O)NC3CC3)cc12.